The van der Waals surface area contributed by atoms with Crippen LogP contribution in [0, 0.1) is 5.92 Å². The first-order valence-electron chi connectivity index (χ1n) is 19.8. The number of aryl methyl sites for hydroxylation is 1. The predicted octanol–water partition coefficient (Wildman–Crippen LogP) is 5.31. The number of hydrogen-bond acceptors (Lipinski definition) is 10. The quantitative estimate of drug-likeness (QED) is 0.113. The van der Waals surface area contributed by atoms with Gasteiger partial charge in [-0.2, -0.15) is 0 Å². The van der Waals surface area contributed by atoms with Gasteiger partial charge in [0.2, 0.25) is 27.6 Å². The van der Waals surface area contributed by atoms with Gasteiger partial charge in [0.15, 0.2) is 5.58 Å². The molecular weight excluding hydrogens is 739 g/mol. The van der Waals surface area contributed by atoms with Crippen molar-refractivity contribution in [3.05, 3.63) is 66.1 Å². The molecule has 1 saturated heterocycles. The zero-order valence-corrected chi connectivity index (χ0v) is 33.8. The number of aromatic nitrogens is 1. The van der Waals surface area contributed by atoms with Gasteiger partial charge in [-0.3, -0.25) is 14.4 Å². The molecule has 306 valence electrons. The van der Waals surface area contributed by atoms with Crippen LogP contribution in [0.1, 0.15) is 101 Å². The van der Waals surface area contributed by atoms with Crippen LogP contribution in [0.5, 0.6) is 0 Å². The fourth-order valence-corrected chi connectivity index (χ4v) is 8.06. The number of nitrogens with one attached hydrogen (secondary N) is 3. The van der Waals surface area contributed by atoms with E-state index in [9.17, 15) is 27.6 Å². The number of ether oxygens (including phenoxy) is 2. The fourth-order valence-electron chi connectivity index (χ4n) is 7.32. The highest BCUT2D eigenvalue weighted by Crippen LogP contribution is 2.28. The van der Waals surface area contributed by atoms with E-state index in [1.165, 1.54) is 11.3 Å². The van der Waals surface area contributed by atoms with Crippen molar-refractivity contribution in [3.8, 4) is 0 Å². The number of hydrogen-bond donors (Lipinski definition) is 3. The van der Waals surface area contributed by atoms with Crippen LogP contribution in [0.15, 0.2) is 59.0 Å². The lowest BCUT2D eigenvalue weighted by molar-refractivity contribution is -0.140. The van der Waals surface area contributed by atoms with Crippen LogP contribution in [0.25, 0.3) is 11.1 Å². The van der Waals surface area contributed by atoms with Gasteiger partial charge < -0.3 is 29.4 Å². The predicted molar refractivity (Wildman–Crippen MR) is 211 cm³/mol. The topological polar surface area (TPSA) is 186 Å². The van der Waals surface area contributed by atoms with Crippen LogP contribution >= 0.6 is 0 Å². The third kappa shape index (κ3) is 13.1. The molecule has 1 aliphatic carbocycles. The van der Waals surface area contributed by atoms with E-state index in [1.807, 2.05) is 30.3 Å². The molecular formula is C41H57N5O9S. The van der Waals surface area contributed by atoms with E-state index >= 15 is 0 Å². The van der Waals surface area contributed by atoms with Gasteiger partial charge in [-0.15, -0.1) is 0 Å². The molecule has 1 saturated carbocycles. The summed E-state index contributed by atoms with van der Waals surface area (Å²) in [5.41, 5.74) is 1.21. The van der Waals surface area contributed by atoms with E-state index in [-0.39, 0.29) is 38.2 Å². The number of para-hydroxylation sites is 2. The van der Waals surface area contributed by atoms with E-state index in [4.69, 9.17) is 13.9 Å². The Morgan fingerprint density at radius 2 is 1.66 bits per heavy atom. The van der Waals surface area contributed by atoms with Crippen LogP contribution in [0.4, 0.5) is 4.79 Å². The first-order valence-corrected chi connectivity index (χ1v) is 21.6. The highest BCUT2D eigenvalue weighted by molar-refractivity contribution is 7.88. The van der Waals surface area contributed by atoms with Gasteiger partial charge in [-0.25, -0.2) is 22.9 Å². The Morgan fingerprint density at radius 1 is 0.946 bits per heavy atom. The Hall–Kier alpha value is -4.34. The Morgan fingerprint density at radius 3 is 2.36 bits per heavy atom. The summed E-state index contributed by atoms with van der Waals surface area (Å²) in [4.78, 5) is 60.7. The second kappa shape index (κ2) is 19.7. The number of carbonyl (C=O) groups excluding carboxylic acids is 4. The van der Waals surface area contributed by atoms with Crippen molar-refractivity contribution in [2.45, 2.75) is 121 Å². The molecule has 2 aromatic carbocycles. The molecule has 5 rings (SSSR count). The first-order chi connectivity index (χ1) is 26.6. The number of amides is 3. The molecule has 15 heteroatoms. The number of likely N-dealkylation sites (tertiary alicyclic amines) is 1. The number of carbonyl (C=O) groups is 4. The number of nitrogens with zero attached hydrogens (tertiary/aromatic N) is 2. The summed E-state index contributed by atoms with van der Waals surface area (Å²) in [6.45, 7) is 6.21. The van der Waals surface area contributed by atoms with Crippen molar-refractivity contribution in [2.24, 2.45) is 5.92 Å². The second-order valence-corrected chi connectivity index (χ2v) is 17.8. The summed E-state index contributed by atoms with van der Waals surface area (Å²) in [7, 11) is -3.81. The molecule has 2 aliphatic rings. The van der Waals surface area contributed by atoms with Gasteiger partial charge in [0.25, 0.3) is 5.89 Å². The molecule has 0 spiro atoms. The minimum atomic E-state index is -3.81. The minimum absolute atomic E-state index is 0.0942. The lowest BCUT2D eigenvalue weighted by Crippen LogP contribution is -2.55. The number of sulfonamides is 1. The summed E-state index contributed by atoms with van der Waals surface area (Å²) in [6.07, 6.45) is 7.48. The van der Waals surface area contributed by atoms with Crippen molar-refractivity contribution in [1.82, 2.24) is 25.2 Å². The zero-order valence-electron chi connectivity index (χ0n) is 33.0. The Balaban J connectivity index is 1.34. The van der Waals surface area contributed by atoms with Crippen LogP contribution in [-0.2, 0) is 35.5 Å². The molecule has 0 bridgehead atoms. The Kier molecular flexibility index (Phi) is 15.0. The Labute approximate surface area is 329 Å². The van der Waals surface area contributed by atoms with E-state index in [1.54, 1.807) is 45.0 Å². The number of rotatable bonds is 18. The average Bonchev–Trinajstić information content (AvgIpc) is 3.79. The number of ketones is 1. The third-order valence-corrected chi connectivity index (χ3v) is 10.8. The van der Waals surface area contributed by atoms with Gasteiger partial charge in [-0.1, -0.05) is 61.7 Å². The molecule has 1 aromatic heterocycles. The molecule has 0 radical (unpaired) electrons. The van der Waals surface area contributed by atoms with E-state index in [0.717, 1.165) is 37.5 Å². The molecule has 56 heavy (non-hydrogen) atoms. The second-order valence-electron chi connectivity index (χ2n) is 16.0. The first kappa shape index (κ1) is 42.8. The van der Waals surface area contributed by atoms with Crippen LogP contribution in [0.3, 0.4) is 0 Å². The van der Waals surface area contributed by atoms with Crippen molar-refractivity contribution in [2.75, 3.05) is 26.0 Å². The lowest BCUT2D eigenvalue weighted by atomic mass is 9.90. The molecule has 2 heterocycles. The van der Waals surface area contributed by atoms with E-state index < -0.39 is 63.5 Å². The Bertz CT molecular complexity index is 1860. The number of unbranched alkanes of at least 4 members (excludes halogenated alkanes) is 1. The minimum Gasteiger partial charge on any atom is -0.444 e. The van der Waals surface area contributed by atoms with E-state index in [0.29, 0.717) is 42.9 Å². The summed E-state index contributed by atoms with van der Waals surface area (Å²) in [5, 5.41) is 5.61. The summed E-state index contributed by atoms with van der Waals surface area (Å²) in [5.74, 6) is -1.39. The van der Waals surface area contributed by atoms with Gasteiger partial charge in [0, 0.05) is 26.1 Å². The lowest BCUT2D eigenvalue weighted by Gasteiger charge is -2.29. The fraction of sp³-hybridized carbons (Fsp3) is 0.585. The standard InChI is InChI=1S/C41H57N5O9S/c1-41(2,3)55-40(50)42-24-14-13-20-32(36(47)38-44-31-19-11-12-21-35(31)54-38)43-37(48)34-25-30(53-27-29-17-9-6-10-18-29)26-46(34)39(49)33(45-56(4,51)52)23-22-28-15-7-5-8-16-28/h5,7-8,11-12,15-16,19,21,29-30,32-34,45H,6,9-10,13-14,17-18,20,22-27H2,1-4H3,(H,42,50)(H,43,48)/t30-,32+,33-,34+/m1/s1. The number of Topliss-reactive ketones (excluding diaryl/α,β-unsaturated/α-hetero) is 1. The third-order valence-electron chi connectivity index (χ3n) is 10.1. The van der Waals surface area contributed by atoms with Crippen molar-refractivity contribution in [1.29, 1.82) is 0 Å². The highest BCUT2D eigenvalue weighted by Gasteiger charge is 2.44. The van der Waals surface area contributed by atoms with Crippen molar-refractivity contribution >= 4 is 44.8 Å². The molecule has 1 aliphatic heterocycles. The highest BCUT2D eigenvalue weighted by atomic mass is 32.2. The molecule has 3 amide bonds. The maximum atomic E-state index is 14.4. The smallest absolute Gasteiger partial charge is 0.407 e. The number of alkyl carbamates (subject to hydrolysis) is 1. The average molecular weight is 796 g/mol. The van der Waals surface area contributed by atoms with Gasteiger partial charge in [0.05, 0.1) is 18.4 Å². The number of oxazole rings is 1. The monoisotopic (exact) mass is 795 g/mol. The summed E-state index contributed by atoms with van der Waals surface area (Å²) >= 11 is 0. The van der Waals surface area contributed by atoms with Crippen LogP contribution in [-0.4, -0.2) is 97.8 Å². The molecule has 3 aromatic rings. The van der Waals surface area contributed by atoms with E-state index in [2.05, 4.69) is 20.3 Å². The number of fused-ring (bicyclic) bond motifs is 1. The van der Waals surface area contributed by atoms with Crippen LogP contribution in [0.2, 0.25) is 0 Å². The molecule has 2 fully saturated rings. The van der Waals surface area contributed by atoms with Gasteiger partial charge in [0.1, 0.15) is 23.2 Å². The molecule has 4 atom stereocenters. The maximum absolute atomic E-state index is 14.4. The van der Waals surface area contributed by atoms with Crippen LogP contribution < -0.4 is 15.4 Å². The van der Waals surface area contributed by atoms with Crippen molar-refractivity contribution < 1.29 is 41.5 Å². The normalized spacial score (nSPS) is 19.0. The zero-order chi connectivity index (χ0) is 40.3. The maximum Gasteiger partial charge on any atom is 0.407 e. The summed E-state index contributed by atoms with van der Waals surface area (Å²) in [6, 6.07) is 13.2. The molecule has 0 unspecified atom stereocenters. The van der Waals surface area contributed by atoms with Crippen molar-refractivity contribution in [3.63, 3.8) is 0 Å². The van der Waals surface area contributed by atoms with Gasteiger partial charge >= 0.3 is 6.09 Å². The largest absolute Gasteiger partial charge is 0.444 e. The summed E-state index contributed by atoms with van der Waals surface area (Å²) < 4.78 is 45.0. The number of benzene rings is 2. The van der Waals surface area contributed by atoms with Gasteiger partial charge in [-0.05, 0) is 89.3 Å². The SMILES string of the molecule is CC(C)(C)OC(=O)NCCCC[C@H](NC(=O)[C@@H]1C[C@@H](OCC2CCCCC2)CN1C(=O)[C@@H](CCc1ccccc1)NS(C)(=O)=O)C(=O)c1nc2ccccc2o1. The molecule has 3 N–H and O–H groups in total. The molecule has 14 nitrogen and oxygen atoms in total.